The maximum absolute atomic E-state index is 7.47. The Morgan fingerprint density at radius 3 is 0.764 bits per heavy atom. The Labute approximate surface area is 732 Å². The van der Waals surface area contributed by atoms with Crippen molar-refractivity contribution in [1.82, 2.24) is 34.9 Å². The van der Waals surface area contributed by atoms with Crippen molar-refractivity contribution in [3.63, 3.8) is 0 Å². The van der Waals surface area contributed by atoms with Gasteiger partial charge in [-0.15, -0.1) is 0 Å². The minimum atomic E-state index is -0.271. The lowest BCUT2D eigenvalue weighted by Crippen LogP contribution is -2.22. The van der Waals surface area contributed by atoms with Crippen molar-refractivity contribution in [3.8, 4) is 91.6 Å². The normalized spacial score (nSPS) is 12.9. The monoisotopic (exact) mass is 1660 g/mol. The highest BCUT2D eigenvalue weighted by Gasteiger charge is 2.38. The minimum absolute atomic E-state index is 0.211. The number of ether oxygens (including phenoxy) is 8. The second-order valence-corrected chi connectivity index (χ2v) is 40.1. The minimum Gasteiger partial charge on any atom is -0.496 e. The fraction of sp³-hybridized carbons (Fsp3) is 0.481. The van der Waals surface area contributed by atoms with E-state index in [0.717, 1.165) is 242 Å². The van der Waals surface area contributed by atoms with Gasteiger partial charge in [0, 0.05) is 88.0 Å². The molecule has 3 N–H and O–H groups in total. The smallest absolute Gasteiger partial charge is 0.162 e. The Kier molecular flexibility index (Phi) is 26.0. The number of aromatic nitrogens is 7. The zero-order valence-electron chi connectivity index (χ0n) is 79.4. The van der Waals surface area contributed by atoms with Gasteiger partial charge in [0.25, 0.3) is 0 Å². The van der Waals surface area contributed by atoms with Crippen LogP contribution in [0, 0.1) is 0 Å². The molecule has 1 aliphatic heterocycles. The van der Waals surface area contributed by atoms with Gasteiger partial charge in [-0.05, 0) is 216 Å². The number of hydrogen-bond acceptors (Lipinski definition) is 12. The molecule has 0 spiro atoms. The molecule has 12 aromatic rings. The number of nitrogens with zero attached hydrogens (tertiary/aromatic N) is 4. The van der Waals surface area contributed by atoms with E-state index in [4.69, 9.17) is 57.8 Å². The lowest BCUT2D eigenvalue weighted by Gasteiger charge is -2.32. The van der Waals surface area contributed by atoms with Crippen molar-refractivity contribution in [1.29, 1.82) is 0 Å². The summed E-state index contributed by atoms with van der Waals surface area (Å²) in [4.78, 5) is 34.8. The standard InChI is InChI=1S/C108H139N7O8/c1-29-45-101(9,10)77-61-89(81(57-85(77)116-25)105(17,18)49-33-5)120-65-38-42-70-73(53-65)94-93-69-41-37-66(121-90-62-78(102(11,12)46-30-2)86(117-26)58-82(90)106(19,20)50-34-6)54-74(69)98(109-93)112-96-71-43-39-68(123-92-64-80(104(15,16)48-32-4)88(119-28)60-84(92)108(23,24)52-36-8)56-76(71)100(113-96)115-97-72-44-40-67(55-75(72)99(114-97)111-95(70)110-94)122-91-63-79(103(13,14)47-31-3)87(118-27)59-83(91)107(21,22)51-35-7/h37-44,53-64H,29-36,45-52H2,1-28H3,(H3,109,110,111,112,113,114,115). The van der Waals surface area contributed by atoms with Gasteiger partial charge in [-0.2, -0.15) is 0 Å². The van der Waals surface area contributed by atoms with Crippen molar-refractivity contribution >= 4 is 66.1 Å². The molecule has 654 valence electrons. The summed E-state index contributed by atoms with van der Waals surface area (Å²) in [5, 5.41) is 4.88. The fourth-order valence-electron chi connectivity index (χ4n) is 20.2. The molecule has 1 aliphatic rings. The van der Waals surface area contributed by atoms with Crippen molar-refractivity contribution in [2.24, 2.45) is 0 Å². The SMILES string of the molecule is CCCC(C)(C)c1cc(Oc2ccc3c(c2)-c2nc-3nc3[nH]c(nc4[nH]c(nc5[nH]c2c2ccc(Oc6cc(C(C)(C)CCC)c(OC)cc6C(C)(C)CCC)cc52)c2ccc(Oc5cc(C(C)(C)CCC)c(OC)cc5C(C)(C)CCC)cc42)c2ccc(Oc4cc(C(C)(C)CCC)c(OC)cc4C(C)(C)CCC)cc32)c(C(C)(C)CCC)cc1OC. The summed E-state index contributed by atoms with van der Waals surface area (Å²) in [6, 6.07) is 43.1. The van der Waals surface area contributed by atoms with Crippen molar-refractivity contribution in [2.45, 2.75) is 312 Å². The molecule has 0 saturated heterocycles. The predicted molar refractivity (Wildman–Crippen MR) is 512 cm³/mol. The van der Waals surface area contributed by atoms with E-state index in [9.17, 15) is 0 Å². The molecule has 0 aliphatic carbocycles. The molecule has 4 aromatic heterocycles. The summed E-state index contributed by atoms with van der Waals surface area (Å²) in [7, 11) is 7.14. The molecule has 0 fully saturated rings. The van der Waals surface area contributed by atoms with Crippen molar-refractivity contribution < 1.29 is 37.9 Å². The van der Waals surface area contributed by atoms with E-state index in [0.29, 0.717) is 62.8 Å². The number of rotatable bonds is 36. The van der Waals surface area contributed by atoms with Gasteiger partial charge < -0.3 is 52.8 Å². The Bertz CT molecular complexity index is 6040. The second-order valence-electron chi connectivity index (χ2n) is 40.1. The third kappa shape index (κ3) is 18.0. The molecule has 0 atom stereocenters. The first-order valence-corrected chi connectivity index (χ1v) is 45.7. The van der Waals surface area contributed by atoms with Crippen LogP contribution in [0.15, 0.2) is 121 Å². The van der Waals surface area contributed by atoms with Gasteiger partial charge in [-0.3, -0.25) is 0 Å². The molecule has 8 aromatic carbocycles. The van der Waals surface area contributed by atoms with Crippen LogP contribution in [-0.2, 0) is 43.3 Å². The van der Waals surface area contributed by atoms with Crippen LogP contribution in [0.3, 0.4) is 0 Å². The molecule has 8 bridgehead atoms. The van der Waals surface area contributed by atoms with Crippen LogP contribution in [0.25, 0.3) is 88.7 Å². The molecule has 0 amide bonds. The first-order chi connectivity index (χ1) is 58.3. The summed E-state index contributed by atoms with van der Waals surface area (Å²) < 4.78 is 55.0. The van der Waals surface area contributed by atoms with Gasteiger partial charge in [-0.1, -0.05) is 218 Å². The average Bonchev–Trinajstić information content (AvgIpc) is 1.64. The summed E-state index contributed by atoms with van der Waals surface area (Å²) in [5.41, 5.74) is 12.6. The highest BCUT2D eigenvalue weighted by molar-refractivity contribution is 6.14. The van der Waals surface area contributed by atoms with E-state index in [1.54, 1.807) is 28.4 Å². The van der Waals surface area contributed by atoms with Gasteiger partial charge in [-0.25, -0.2) is 19.9 Å². The van der Waals surface area contributed by atoms with E-state index in [1.165, 1.54) is 0 Å². The lowest BCUT2D eigenvalue weighted by atomic mass is 9.75. The summed E-state index contributed by atoms with van der Waals surface area (Å²) >= 11 is 0. The van der Waals surface area contributed by atoms with Crippen LogP contribution in [0.1, 0.15) is 313 Å². The molecule has 15 nitrogen and oxygen atoms in total. The number of methoxy groups -OCH3 is 4. The van der Waals surface area contributed by atoms with E-state index < -0.39 is 0 Å². The molecule has 0 radical (unpaired) electrons. The molecule has 13 rings (SSSR count). The summed E-state index contributed by atoms with van der Waals surface area (Å²) in [5.74, 6) is 9.66. The number of nitrogens with one attached hydrogen (secondary N) is 3. The Balaban J connectivity index is 1.14. The average molecular weight is 1660 g/mol. The molecule has 0 saturated carbocycles. The zero-order valence-corrected chi connectivity index (χ0v) is 79.4. The molecular weight excluding hydrogens is 1520 g/mol. The van der Waals surface area contributed by atoms with Crippen molar-refractivity contribution in [3.05, 3.63) is 166 Å². The van der Waals surface area contributed by atoms with Gasteiger partial charge in [0.15, 0.2) is 5.82 Å². The van der Waals surface area contributed by atoms with Crippen LogP contribution in [0.4, 0.5) is 0 Å². The van der Waals surface area contributed by atoms with Crippen LogP contribution < -0.4 is 37.9 Å². The van der Waals surface area contributed by atoms with Crippen LogP contribution >= 0.6 is 0 Å². The lowest BCUT2D eigenvalue weighted by molar-refractivity contribution is 0.372. The Morgan fingerprint density at radius 2 is 0.472 bits per heavy atom. The van der Waals surface area contributed by atoms with Crippen molar-refractivity contribution in [2.75, 3.05) is 28.4 Å². The maximum atomic E-state index is 7.47. The summed E-state index contributed by atoms with van der Waals surface area (Å²) in [6.07, 6.45) is 15.6. The summed E-state index contributed by atoms with van der Waals surface area (Å²) in [6.45, 7) is 54.8. The maximum Gasteiger partial charge on any atom is 0.162 e. The van der Waals surface area contributed by atoms with Crippen LogP contribution in [-0.4, -0.2) is 63.3 Å². The fourth-order valence-corrected chi connectivity index (χ4v) is 20.2. The third-order valence-electron chi connectivity index (χ3n) is 26.8. The van der Waals surface area contributed by atoms with Crippen LogP contribution in [0.5, 0.6) is 69.0 Å². The van der Waals surface area contributed by atoms with E-state index in [2.05, 4.69) is 302 Å². The largest absolute Gasteiger partial charge is 0.496 e. The van der Waals surface area contributed by atoms with E-state index in [1.807, 2.05) is 0 Å². The number of fused-ring (bicyclic) bond motifs is 21. The van der Waals surface area contributed by atoms with E-state index in [-0.39, 0.29) is 43.3 Å². The number of H-pyrrole nitrogens is 3. The molecular formula is C108H139N7O8. The molecule has 123 heavy (non-hydrogen) atoms. The first kappa shape index (κ1) is 90.4. The Morgan fingerprint density at radius 1 is 0.236 bits per heavy atom. The zero-order chi connectivity index (χ0) is 88.8. The third-order valence-corrected chi connectivity index (χ3v) is 26.8. The number of benzene rings is 8. The first-order valence-electron chi connectivity index (χ1n) is 45.7. The second kappa shape index (κ2) is 35.4. The van der Waals surface area contributed by atoms with Gasteiger partial charge in [0.05, 0.1) is 39.6 Å². The topological polar surface area (TPSA) is 173 Å². The highest BCUT2D eigenvalue weighted by Crippen LogP contribution is 2.53. The number of hydrogen-bond donors (Lipinski definition) is 3. The van der Waals surface area contributed by atoms with Gasteiger partial charge in [0.1, 0.15) is 97.2 Å². The van der Waals surface area contributed by atoms with Gasteiger partial charge in [0.2, 0.25) is 0 Å². The quantitative estimate of drug-likeness (QED) is 0.0340. The Hall–Kier alpha value is -10.3. The molecule has 0 unspecified atom stereocenters. The molecule has 15 heteroatoms. The predicted octanol–water partition coefficient (Wildman–Crippen LogP) is 31.3. The van der Waals surface area contributed by atoms with Gasteiger partial charge >= 0.3 is 0 Å². The molecule has 5 heterocycles. The number of aromatic amines is 3. The van der Waals surface area contributed by atoms with E-state index >= 15 is 0 Å². The highest BCUT2D eigenvalue weighted by atomic mass is 16.5. The van der Waals surface area contributed by atoms with Crippen LogP contribution in [0.2, 0.25) is 0 Å².